The number of anilines is 1. The van der Waals surface area contributed by atoms with Crippen LogP contribution in [-0.4, -0.2) is 77.9 Å². The maximum Gasteiger partial charge on any atom is 0.243 e. The van der Waals surface area contributed by atoms with Crippen molar-refractivity contribution in [1.29, 1.82) is 0 Å². The van der Waals surface area contributed by atoms with Crippen molar-refractivity contribution in [3.05, 3.63) is 48.5 Å². The number of benzene rings is 2. The minimum atomic E-state index is -3.74. The Morgan fingerprint density at radius 3 is 2.06 bits per heavy atom. The van der Waals surface area contributed by atoms with Gasteiger partial charge in [0.2, 0.25) is 26.0 Å². The van der Waals surface area contributed by atoms with E-state index in [1.165, 1.54) is 40.0 Å². The predicted molar refractivity (Wildman–Crippen MR) is 129 cm³/mol. The van der Waals surface area contributed by atoms with Gasteiger partial charge in [-0.25, -0.2) is 16.8 Å². The quantitative estimate of drug-likeness (QED) is 0.587. The second-order valence-corrected chi connectivity index (χ2v) is 12.3. The summed E-state index contributed by atoms with van der Waals surface area (Å²) in [4.78, 5) is 13.2. The van der Waals surface area contributed by atoms with E-state index in [-0.39, 0.29) is 22.2 Å². The van der Waals surface area contributed by atoms with E-state index >= 15 is 0 Å². The molecule has 0 aliphatic carbocycles. The summed E-state index contributed by atoms with van der Waals surface area (Å²) in [7, 11) is -5.86. The first-order chi connectivity index (χ1) is 16.7. The zero-order valence-corrected chi connectivity index (χ0v) is 21.1. The van der Waals surface area contributed by atoms with Crippen molar-refractivity contribution in [3.63, 3.8) is 0 Å². The Morgan fingerprint density at radius 2 is 1.46 bits per heavy atom. The number of amides is 1. The van der Waals surface area contributed by atoms with E-state index in [1.807, 2.05) is 0 Å². The third kappa shape index (κ3) is 5.67. The summed E-state index contributed by atoms with van der Waals surface area (Å²) in [6.07, 6.45) is 1.12. The number of methoxy groups -OCH3 is 1. The van der Waals surface area contributed by atoms with Crippen LogP contribution in [-0.2, 0) is 29.6 Å². The van der Waals surface area contributed by atoms with Crippen LogP contribution in [0.4, 0.5) is 5.69 Å². The van der Waals surface area contributed by atoms with Crippen molar-refractivity contribution in [3.8, 4) is 5.75 Å². The smallest absolute Gasteiger partial charge is 0.243 e. The molecule has 0 spiro atoms. The molecule has 190 valence electrons. The molecule has 2 heterocycles. The molecule has 1 N–H and O–H groups in total. The van der Waals surface area contributed by atoms with Gasteiger partial charge < -0.3 is 14.8 Å². The van der Waals surface area contributed by atoms with Crippen LogP contribution in [0.25, 0.3) is 0 Å². The van der Waals surface area contributed by atoms with Gasteiger partial charge in [-0.3, -0.25) is 4.79 Å². The number of nitrogens with zero attached hydrogens (tertiary/aromatic N) is 2. The molecule has 2 fully saturated rings. The van der Waals surface area contributed by atoms with Crippen LogP contribution < -0.4 is 10.1 Å². The lowest BCUT2D eigenvalue weighted by molar-refractivity contribution is -0.120. The molecular formula is C23H29N3O7S2. The Bertz CT molecular complexity index is 1240. The van der Waals surface area contributed by atoms with Gasteiger partial charge in [0.05, 0.1) is 36.0 Å². The minimum absolute atomic E-state index is 0.0731. The molecule has 2 aliphatic heterocycles. The van der Waals surface area contributed by atoms with Gasteiger partial charge in [0.25, 0.3) is 0 Å². The second kappa shape index (κ2) is 10.6. The van der Waals surface area contributed by atoms with Crippen LogP contribution in [0.1, 0.15) is 12.8 Å². The van der Waals surface area contributed by atoms with Crippen molar-refractivity contribution in [2.24, 2.45) is 5.92 Å². The van der Waals surface area contributed by atoms with Gasteiger partial charge >= 0.3 is 0 Å². The van der Waals surface area contributed by atoms with E-state index in [0.29, 0.717) is 57.1 Å². The maximum atomic E-state index is 13.1. The largest absolute Gasteiger partial charge is 0.497 e. The van der Waals surface area contributed by atoms with Crippen LogP contribution >= 0.6 is 0 Å². The molecule has 0 unspecified atom stereocenters. The maximum absolute atomic E-state index is 13.1. The van der Waals surface area contributed by atoms with Gasteiger partial charge in [-0.05, 0) is 61.4 Å². The van der Waals surface area contributed by atoms with E-state index in [4.69, 9.17) is 9.47 Å². The third-order valence-electron chi connectivity index (χ3n) is 6.18. The van der Waals surface area contributed by atoms with Crippen molar-refractivity contribution in [2.45, 2.75) is 22.6 Å². The molecule has 1 amide bonds. The Hall–Kier alpha value is -2.51. The predicted octanol–water partition coefficient (Wildman–Crippen LogP) is 1.76. The first-order valence-electron chi connectivity index (χ1n) is 11.3. The highest BCUT2D eigenvalue weighted by Gasteiger charge is 2.33. The van der Waals surface area contributed by atoms with Gasteiger partial charge in [0.1, 0.15) is 5.75 Å². The first kappa shape index (κ1) is 25.6. The lowest BCUT2D eigenvalue weighted by Gasteiger charge is -2.31. The van der Waals surface area contributed by atoms with Gasteiger partial charge in [-0.1, -0.05) is 0 Å². The molecule has 4 rings (SSSR count). The van der Waals surface area contributed by atoms with Crippen molar-refractivity contribution >= 4 is 31.6 Å². The minimum Gasteiger partial charge on any atom is -0.497 e. The molecule has 0 bridgehead atoms. The molecule has 0 saturated carbocycles. The molecule has 0 aromatic heterocycles. The number of ether oxygens (including phenoxy) is 2. The van der Waals surface area contributed by atoms with Crippen LogP contribution in [0.5, 0.6) is 5.75 Å². The van der Waals surface area contributed by atoms with Crippen molar-refractivity contribution in [1.82, 2.24) is 8.61 Å². The highest BCUT2D eigenvalue weighted by molar-refractivity contribution is 7.89. The zero-order chi connectivity index (χ0) is 25.1. The molecule has 12 heteroatoms. The number of morpholine rings is 1. The molecule has 2 aromatic rings. The summed E-state index contributed by atoms with van der Waals surface area (Å²) in [6, 6.07) is 12.2. The summed E-state index contributed by atoms with van der Waals surface area (Å²) < 4.78 is 64.7. The van der Waals surface area contributed by atoms with Crippen molar-refractivity contribution < 1.29 is 31.1 Å². The van der Waals surface area contributed by atoms with E-state index in [2.05, 4.69) is 5.32 Å². The molecule has 2 aromatic carbocycles. The second-order valence-electron chi connectivity index (χ2n) is 8.41. The molecule has 10 nitrogen and oxygen atoms in total. The van der Waals surface area contributed by atoms with Crippen molar-refractivity contribution in [2.75, 3.05) is 51.8 Å². The number of sulfonamides is 2. The Balaban J connectivity index is 1.40. The van der Waals surface area contributed by atoms with E-state index in [1.54, 1.807) is 24.3 Å². The standard InChI is InChI=1S/C23H29N3O7S2/c1-32-20-6-10-22(11-7-20)35(30,31)26-12-2-3-18(17-26)23(27)24-19-4-8-21(9-5-19)34(28,29)25-13-15-33-16-14-25/h4-11,18H,2-3,12-17H2,1H3,(H,24,27)/t18-/m1/s1. The number of rotatable bonds is 7. The SMILES string of the molecule is COc1ccc(S(=O)(=O)N2CCC[C@@H](C(=O)Nc3ccc(S(=O)(=O)N4CCOCC4)cc3)C2)cc1. The number of carbonyl (C=O) groups is 1. The molecule has 2 aliphatic rings. The number of hydrogen-bond acceptors (Lipinski definition) is 7. The van der Waals surface area contributed by atoms with Gasteiger partial charge in [0, 0.05) is 31.9 Å². The fourth-order valence-corrected chi connectivity index (χ4v) is 7.09. The Morgan fingerprint density at radius 1 is 0.886 bits per heavy atom. The van der Waals surface area contributed by atoms with Gasteiger partial charge in [-0.2, -0.15) is 8.61 Å². The number of nitrogens with one attached hydrogen (secondary N) is 1. The van der Waals surface area contributed by atoms with Crippen LogP contribution in [0.15, 0.2) is 58.3 Å². The fraction of sp³-hybridized carbons (Fsp3) is 0.435. The highest BCUT2D eigenvalue weighted by Crippen LogP contribution is 2.26. The van der Waals surface area contributed by atoms with Crippen LogP contribution in [0.2, 0.25) is 0 Å². The number of hydrogen-bond donors (Lipinski definition) is 1. The summed E-state index contributed by atoms with van der Waals surface area (Å²) in [5.41, 5.74) is 0.450. The lowest BCUT2D eigenvalue weighted by atomic mass is 9.99. The number of carbonyl (C=O) groups excluding carboxylic acids is 1. The monoisotopic (exact) mass is 523 g/mol. The van der Waals surface area contributed by atoms with Crippen LogP contribution in [0, 0.1) is 5.92 Å². The van der Waals surface area contributed by atoms with E-state index < -0.39 is 26.0 Å². The first-order valence-corrected chi connectivity index (χ1v) is 14.2. The van der Waals surface area contributed by atoms with E-state index in [9.17, 15) is 21.6 Å². The topological polar surface area (TPSA) is 122 Å². The Labute approximate surface area is 205 Å². The average Bonchev–Trinajstić information content (AvgIpc) is 2.89. The van der Waals surface area contributed by atoms with Gasteiger partial charge in [-0.15, -0.1) is 0 Å². The third-order valence-corrected chi connectivity index (χ3v) is 9.97. The summed E-state index contributed by atoms with van der Waals surface area (Å²) in [5, 5.41) is 2.79. The summed E-state index contributed by atoms with van der Waals surface area (Å²) in [6.45, 7) is 1.74. The van der Waals surface area contributed by atoms with E-state index in [0.717, 1.165) is 0 Å². The average molecular weight is 524 g/mol. The Kier molecular flexibility index (Phi) is 7.77. The van der Waals surface area contributed by atoms with Gasteiger partial charge in [0.15, 0.2) is 0 Å². The number of piperidine rings is 1. The molecule has 35 heavy (non-hydrogen) atoms. The molecular weight excluding hydrogens is 494 g/mol. The highest BCUT2D eigenvalue weighted by atomic mass is 32.2. The summed E-state index contributed by atoms with van der Waals surface area (Å²) >= 11 is 0. The van der Waals surface area contributed by atoms with Crippen LogP contribution in [0.3, 0.4) is 0 Å². The fourth-order valence-electron chi connectivity index (χ4n) is 4.16. The molecule has 2 saturated heterocycles. The lowest BCUT2D eigenvalue weighted by Crippen LogP contribution is -2.43. The summed E-state index contributed by atoms with van der Waals surface area (Å²) in [5.74, 6) is -0.263. The normalized spacial score (nSPS) is 20.3. The molecule has 1 atom stereocenters. The zero-order valence-electron chi connectivity index (χ0n) is 19.4. The molecule has 0 radical (unpaired) electrons.